The topological polar surface area (TPSA) is 35.0 Å². The molecule has 0 saturated carbocycles. The molecule has 1 atom stereocenters. The lowest BCUT2D eigenvalue weighted by Crippen LogP contribution is -2.11. The van der Waals surface area contributed by atoms with Crippen LogP contribution in [0.15, 0.2) is 0 Å². The Kier molecular flexibility index (Phi) is 2.92. The molecule has 0 aromatic carbocycles. The van der Waals surface area contributed by atoms with Gasteiger partial charge in [0.25, 0.3) is 0 Å². The highest BCUT2D eigenvalue weighted by Gasteiger charge is 2.19. The average Bonchev–Trinajstić information content (AvgIpc) is 2.54. The van der Waals surface area contributed by atoms with Crippen LogP contribution in [-0.4, -0.2) is 16.0 Å². The first-order valence-corrected chi connectivity index (χ1v) is 5.82. The SMILES string of the molecule is Ic1nsc(C2CCCCO2)n1. The molecule has 5 heteroatoms. The van der Waals surface area contributed by atoms with Gasteiger partial charge in [0.05, 0.1) is 0 Å². The minimum Gasteiger partial charge on any atom is -0.371 e. The first-order valence-electron chi connectivity index (χ1n) is 3.97. The van der Waals surface area contributed by atoms with Crippen LogP contribution in [0, 0.1) is 3.83 Å². The summed E-state index contributed by atoms with van der Waals surface area (Å²) < 4.78 is 10.5. The Morgan fingerprint density at radius 2 is 2.42 bits per heavy atom. The van der Waals surface area contributed by atoms with Crippen LogP contribution >= 0.6 is 34.1 Å². The minimum absolute atomic E-state index is 0.222. The van der Waals surface area contributed by atoms with Gasteiger partial charge in [0.15, 0.2) is 0 Å². The Hall–Kier alpha value is 0.250. The maximum absolute atomic E-state index is 5.58. The Morgan fingerprint density at radius 1 is 1.50 bits per heavy atom. The minimum atomic E-state index is 0.222. The van der Waals surface area contributed by atoms with E-state index in [1.165, 1.54) is 24.4 Å². The lowest BCUT2D eigenvalue weighted by atomic mass is 10.1. The first kappa shape index (κ1) is 8.83. The van der Waals surface area contributed by atoms with Crippen molar-refractivity contribution in [3.63, 3.8) is 0 Å². The summed E-state index contributed by atoms with van der Waals surface area (Å²) in [6, 6.07) is 0. The highest BCUT2D eigenvalue weighted by Crippen LogP contribution is 2.28. The van der Waals surface area contributed by atoms with Crippen LogP contribution in [0.1, 0.15) is 30.4 Å². The summed E-state index contributed by atoms with van der Waals surface area (Å²) in [6.07, 6.45) is 3.76. The number of aromatic nitrogens is 2. The molecule has 3 nitrogen and oxygen atoms in total. The summed E-state index contributed by atoms with van der Waals surface area (Å²) >= 11 is 3.59. The Labute approximate surface area is 88.8 Å². The Balaban J connectivity index is 2.08. The zero-order chi connectivity index (χ0) is 8.39. The lowest BCUT2D eigenvalue weighted by molar-refractivity contribution is 0.0147. The lowest BCUT2D eigenvalue weighted by Gasteiger charge is -2.19. The van der Waals surface area contributed by atoms with Crippen molar-refractivity contribution < 1.29 is 4.74 Å². The largest absolute Gasteiger partial charge is 0.371 e. The summed E-state index contributed by atoms with van der Waals surface area (Å²) in [5.41, 5.74) is 0. The molecular weight excluding hydrogens is 287 g/mol. The fourth-order valence-electron chi connectivity index (χ4n) is 1.28. The highest BCUT2D eigenvalue weighted by molar-refractivity contribution is 14.1. The van der Waals surface area contributed by atoms with Crippen LogP contribution in [0.2, 0.25) is 0 Å². The Bertz CT molecular complexity index is 260. The second-order valence-corrected chi connectivity index (χ2v) is 4.51. The van der Waals surface area contributed by atoms with Gasteiger partial charge in [0, 0.05) is 29.2 Å². The molecule has 66 valence electrons. The molecule has 1 aliphatic heterocycles. The predicted octanol–water partition coefficient (Wildman–Crippen LogP) is 2.38. The van der Waals surface area contributed by atoms with E-state index >= 15 is 0 Å². The van der Waals surface area contributed by atoms with E-state index in [1.807, 2.05) is 0 Å². The maximum atomic E-state index is 5.58. The van der Waals surface area contributed by atoms with Gasteiger partial charge in [-0.05, 0) is 30.8 Å². The van der Waals surface area contributed by atoms with Gasteiger partial charge >= 0.3 is 0 Å². The summed E-state index contributed by atoms with van der Waals surface area (Å²) in [5, 5.41) is 1.04. The molecule has 0 radical (unpaired) electrons. The van der Waals surface area contributed by atoms with Gasteiger partial charge in [0.2, 0.25) is 3.83 Å². The molecule has 0 amide bonds. The van der Waals surface area contributed by atoms with E-state index in [2.05, 4.69) is 31.9 Å². The molecule has 1 unspecified atom stereocenters. The van der Waals surface area contributed by atoms with Gasteiger partial charge in [-0.3, -0.25) is 0 Å². The molecule has 2 heterocycles. The second kappa shape index (κ2) is 3.97. The van der Waals surface area contributed by atoms with Crippen molar-refractivity contribution in [3.8, 4) is 0 Å². The fourth-order valence-corrected chi connectivity index (χ4v) is 2.64. The molecule has 1 aliphatic rings. The highest BCUT2D eigenvalue weighted by atomic mass is 127. The van der Waals surface area contributed by atoms with E-state index in [0.717, 1.165) is 21.9 Å². The number of nitrogens with zero attached hydrogens (tertiary/aromatic N) is 2. The molecular formula is C7H9IN2OS. The second-order valence-electron chi connectivity index (χ2n) is 2.76. The monoisotopic (exact) mass is 296 g/mol. The average molecular weight is 296 g/mol. The predicted molar refractivity (Wildman–Crippen MR) is 55.2 cm³/mol. The van der Waals surface area contributed by atoms with E-state index in [0.29, 0.717) is 0 Å². The van der Waals surface area contributed by atoms with E-state index < -0.39 is 0 Å². The van der Waals surface area contributed by atoms with Crippen LogP contribution in [0.25, 0.3) is 0 Å². The summed E-state index contributed by atoms with van der Waals surface area (Å²) in [4.78, 5) is 4.30. The van der Waals surface area contributed by atoms with Crippen LogP contribution in [0.3, 0.4) is 0 Å². The molecule has 0 N–H and O–H groups in total. The number of rotatable bonds is 1. The summed E-state index contributed by atoms with van der Waals surface area (Å²) in [7, 11) is 0. The molecule has 1 fully saturated rings. The van der Waals surface area contributed by atoms with Crippen molar-refractivity contribution in [1.29, 1.82) is 0 Å². The van der Waals surface area contributed by atoms with Gasteiger partial charge in [-0.15, -0.1) is 0 Å². The smallest absolute Gasteiger partial charge is 0.203 e. The standard InChI is InChI=1S/C7H9IN2OS/c8-7-9-6(12-10-7)5-3-1-2-4-11-5/h5H,1-4H2. The third kappa shape index (κ3) is 1.94. The number of ether oxygens (including phenoxy) is 1. The maximum Gasteiger partial charge on any atom is 0.203 e. The fraction of sp³-hybridized carbons (Fsp3) is 0.714. The summed E-state index contributed by atoms with van der Waals surface area (Å²) in [6.45, 7) is 0.876. The van der Waals surface area contributed by atoms with Crippen LogP contribution in [0.4, 0.5) is 0 Å². The normalized spacial score (nSPS) is 24.2. The van der Waals surface area contributed by atoms with E-state index in [9.17, 15) is 0 Å². The summed E-state index contributed by atoms with van der Waals surface area (Å²) in [5.74, 6) is 0. The van der Waals surface area contributed by atoms with Crippen molar-refractivity contribution in [3.05, 3.63) is 8.84 Å². The van der Waals surface area contributed by atoms with E-state index in [-0.39, 0.29) is 6.10 Å². The quantitative estimate of drug-likeness (QED) is 0.746. The zero-order valence-electron chi connectivity index (χ0n) is 6.49. The van der Waals surface area contributed by atoms with Crippen LogP contribution in [-0.2, 0) is 4.74 Å². The first-order chi connectivity index (χ1) is 5.86. The van der Waals surface area contributed by atoms with Gasteiger partial charge in [-0.25, -0.2) is 4.98 Å². The van der Waals surface area contributed by atoms with Crippen molar-refractivity contribution in [2.45, 2.75) is 25.4 Å². The van der Waals surface area contributed by atoms with Gasteiger partial charge < -0.3 is 4.74 Å². The van der Waals surface area contributed by atoms with Gasteiger partial charge in [-0.2, -0.15) is 4.37 Å². The molecule has 12 heavy (non-hydrogen) atoms. The number of halogens is 1. The molecule has 1 saturated heterocycles. The van der Waals surface area contributed by atoms with Crippen LogP contribution < -0.4 is 0 Å². The zero-order valence-corrected chi connectivity index (χ0v) is 9.47. The molecule has 0 aliphatic carbocycles. The molecule has 0 bridgehead atoms. The van der Waals surface area contributed by atoms with Crippen molar-refractivity contribution in [2.24, 2.45) is 0 Å². The molecule has 1 aromatic rings. The van der Waals surface area contributed by atoms with E-state index in [1.54, 1.807) is 0 Å². The number of hydrogen-bond donors (Lipinski definition) is 0. The Morgan fingerprint density at radius 3 is 3.00 bits per heavy atom. The van der Waals surface area contributed by atoms with Gasteiger partial charge in [0.1, 0.15) is 11.1 Å². The van der Waals surface area contributed by atoms with Crippen molar-refractivity contribution in [2.75, 3.05) is 6.61 Å². The molecule has 0 spiro atoms. The van der Waals surface area contributed by atoms with Gasteiger partial charge in [-0.1, -0.05) is 0 Å². The van der Waals surface area contributed by atoms with Crippen molar-refractivity contribution >= 4 is 34.1 Å². The molecule has 2 rings (SSSR count). The number of hydrogen-bond acceptors (Lipinski definition) is 4. The van der Waals surface area contributed by atoms with Crippen molar-refractivity contribution in [1.82, 2.24) is 9.36 Å². The van der Waals surface area contributed by atoms with E-state index in [4.69, 9.17) is 4.74 Å². The van der Waals surface area contributed by atoms with Crippen LogP contribution in [0.5, 0.6) is 0 Å². The third-order valence-electron chi connectivity index (χ3n) is 1.87. The third-order valence-corrected chi connectivity index (χ3v) is 3.49. The molecule has 1 aromatic heterocycles.